The second kappa shape index (κ2) is 7.64. The lowest BCUT2D eigenvalue weighted by molar-refractivity contribution is 0.157. The van der Waals surface area contributed by atoms with Crippen molar-refractivity contribution in [3.05, 3.63) is 71.8 Å². The lowest BCUT2D eigenvalue weighted by atomic mass is 9.71. The zero-order valence-corrected chi connectivity index (χ0v) is 14.5. The van der Waals surface area contributed by atoms with Crippen molar-refractivity contribution in [2.24, 2.45) is 0 Å². The highest BCUT2D eigenvalue weighted by Crippen LogP contribution is 2.37. The highest BCUT2D eigenvalue weighted by Gasteiger charge is 2.37. The first-order valence-corrected chi connectivity index (χ1v) is 9.02. The molecule has 0 saturated carbocycles. The number of benzene rings is 2. The normalized spacial score (nSPS) is 17.2. The number of nitriles is 1. The fourth-order valence-corrected chi connectivity index (χ4v) is 3.95. The summed E-state index contributed by atoms with van der Waals surface area (Å²) in [5.41, 5.74) is 1.62. The van der Waals surface area contributed by atoms with Crippen molar-refractivity contribution in [3.8, 4) is 6.07 Å². The summed E-state index contributed by atoms with van der Waals surface area (Å²) in [6.07, 6.45) is 4.72. The van der Waals surface area contributed by atoms with E-state index in [4.69, 9.17) is 0 Å². The lowest BCUT2D eigenvalue weighted by Gasteiger charge is -2.38. The maximum atomic E-state index is 10.3. The van der Waals surface area contributed by atoms with E-state index in [0.717, 1.165) is 30.6 Å². The van der Waals surface area contributed by atoms with E-state index in [2.05, 4.69) is 42.2 Å². The van der Waals surface area contributed by atoms with Gasteiger partial charge in [0.1, 0.15) is 5.41 Å². The van der Waals surface area contributed by atoms with Gasteiger partial charge in [-0.25, -0.2) is 0 Å². The van der Waals surface area contributed by atoms with Crippen molar-refractivity contribution >= 4 is 0 Å². The Kier molecular flexibility index (Phi) is 5.33. The van der Waals surface area contributed by atoms with Gasteiger partial charge in [0.15, 0.2) is 0 Å². The van der Waals surface area contributed by atoms with Gasteiger partial charge in [-0.15, -0.1) is 0 Å². The van der Waals surface area contributed by atoms with Crippen LogP contribution in [-0.4, -0.2) is 24.0 Å². The Morgan fingerprint density at radius 1 is 0.917 bits per heavy atom. The lowest BCUT2D eigenvalue weighted by Crippen LogP contribution is -2.42. The van der Waals surface area contributed by atoms with E-state index >= 15 is 0 Å². The third-order valence-corrected chi connectivity index (χ3v) is 5.34. The van der Waals surface area contributed by atoms with Gasteiger partial charge in [0.05, 0.1) is 6.07 Å². The average molecular weight is 318 g/mol. The topological polar surface area (TPSA) is 27.0 Å². The van der Waals surface area contributed by atoms with E-state index in [1.807, 2.05) is 36.4 Å². The molecule has 1 saturated heterocycles. The Bertz CT molecular complexity index is 627. The van der Waals surface area contributed by atoms with Crippen molar-refractivity contribution in [2.75, 3.05) is 13.1 Å². The largest absolute Gasteiger partial charge is 0.301 e. The van der Waals surface area contributed by atoms with Gasteiger partial charge in [-0.3, -0.25) is 0 Å². The molecule has 0 amide bonds. The van der Waals surface area contributed by atoms with Crippen LogP contribution >= 0.6 is 0 Å². The van der Waals surface area contributed by atoms with Gasteiger partial charge in [0.2, 0.25) is 0 Å². The van der Waals surface area contributed by atoms with Crippen molar-refractivity contribution in [1.82, 2.24) is 4.90 Å². The molecule has 0 radical (unpaired) electrons. The molecule has 1 aliphatic heterocycles. The molecule has 0 aromatic heterocycles. The van der Waals surface area contributed by atoms with Crippen LogP contribution in [0.15, 0.2) is 60.7 Å². The van der Waals surface area contributed by atoms with E-state index in [9.17, 15) is 5.26 Å². The Labute approximate surface area is 145 Å². The average Bonchev–Trinajstić information content (AvgIpc) is 2.68. The molecule has 3 rings (SSSR count). The molecule has 0 aliphatic carbocycles. The first-order valence-electron chi connectivity index (χ1n) is 9.02. The minimum Gasteiger partial charge on any atom is -0.301 e. The van der Waals surface area contributed by atoms with Crippen molar-refractivity contribution in [3.63, 3.8) is 0 Å². The zero-order valence-electron chi connectivity index (χ0n) is 14.5. The molecule has 24 heavy (non-hydrogen) atoms. The summed E-state index contributed by atoms with van der Waals surface area (Å²) in [4.78, 5) is 2.56. The molecule has 1 aliphatic rings. The first-order chi connectivity index (χ1) is 11.8. The van der Waals surface area contributed by atoms with Gasteiger partial charge in [-0.2, -0.15) is 5.26 Å². The highest BCUT2D eigenvalue weighted by molar-refractivity contribution is 5.46. The van der Waals surface area contributed by atoms with Gasteiger partial charge in [-0.05, 0) is 50.4 Å². The molecule has 0 N–H and O–H groups in total. The second-order valence-corrected chi connectivity index (χ2v) is 6.90. The Balaban J connectivity index is 1.97. The third kappa shape index (κ3) is 3.37. The van der Waals surface area contributed by atoms with Crippen LogP contribution in [0.5, 0.6) is 0 Å². The van der Waals surface area contributed by atoms with Crippen LogP contribution in [0.2, 0.25) is 0 Å². The number of rotatable bonds is 5. The van der Waals surface area contributed by atoms with Gasteiger partial charge < -0.3 is 4.90 Å². The molecule has 1 heterocycles. The molecule has 2 heteroatoms. The summed E-state index contributed by atoms with van der Waals surface area (Å²) in [7, 11) is 0. The number of likely N-dealkylation sites (tertiary alicyclic amines) is 1. The fourth-order valence-electron chi connectivity index (χ4n) is 3.95. The van der Waals surface area contributed by atoms with Crippen molar-refractivity contribution < 1.29 is 0 Å². The second-order valence-electron chi connectivity index (χ2n) is 6.90. The fraction of sp³-hybridized carbons (Fsp3) is 0.409. The predicted octanol–water partition coefficient (Wildman–Crippen LogP) is 4.76. The molecular weight excluding hydrogens is 292 g/mol. The maximum Gasteiger partial charge on any atom is 0.109 e. The molecule has 2 nitrogen and oxygen atoms in total. The van der Waals surface area contributed by atoms with E-state index in [1.54, 1.807) is 0 Å². The smallest absolute Gasteiger partial charge is 0.109 e. The molecule has 124 valence electrons. The minimum atomic E-state index is -0.584. The summed E-state index contributed by atoms with van der Waals surface area (Å²) in [5.74, 6) is 0. The minimum absolute atomic E-state index is 0.394. The molecule has 1 unspecified atom stereocenters. The number of hydrogen-bond donors (Lipinski definition) is 0. The van der Waals surface area contributed by atoms with Gasteiger partial charge in [0.25, 0.3) is 0 Å². The van der Waals surface area contributed by atoms with Crippen LogP contribution in [0.1, 0.15) is 43.7 Å². The van der Waals surface area contributed by atoms with E-state index in [-0.39, 0.29) is 0 Å². The summed E-state index contributed by atoms with van der Waals surface area (Å²) in [5, 5.41) is 10.3. The maximum absolute atomic E-state index is 10.3. The summed E-state index contributed by atoms with van der Waals surface area (Å²) in [6, 6.07) is 23.7. The van der Waals surface area contributed by atoms with Crippen LogP contribution in [0.25, 0.3) is 0 Å². The summed E-state index contributed by atoms with van der Waals surface area (Å²) >= 11 is 0. The van der Waals surface area contributed by atoms with Gasteiger partial charge in [0, 0.05) is 6.04 Å². The van der Waals surface area contributed by atoms with E-state index in [0.29, 0.717) is 6.04 Å². The first kappa shape index (κ1) is 16.7. The summed E-state index contributed by atoms with van der Waals surface area (Å²) < 4.78 is 0. The van der Waals surface area contributed by atoms with Crippen molar-refractivity contribution in [2.45, 2.75) is 44.1 Å². The highest BCUT2D eigenvalue weighted by atomic mass is 15.2. The molecule has 1 fully saturated rings. The monoisotopic (exact) mass is 318 g/mol. The van der Waals surface area contributed by atoms with Crippen molar-refractivity contribution in [1.29, 1.82) is 5.26 Å². The SMILES string of the molecule is CC(CC(C#N)(c1ccccc1)c1ccccc1)N1CCCCC1. The summed E-state index contributed by atoms with van der Waals surface area (Å²) in [6.45, 7) is 4.60. The molecule has 2 aromatic carbocycles. The predicted molar refractivity (Wildman–Crippen MR) is 98.8 cm³/mol. The molecular formula is C22H26N2. The van der Waals surface area contributed by atoms with Crippen LogP contribution < -0.4 is 0 Å². The standard InChI is InChI=1S/C22H26N2/c1-19(24-15-9-4-10-16-24)17-22(18-23,20-11-5-2-6-12-20)21-13-7-3-8-14-21/h2-3,5-8,11-14,19H,4,9-10,15-17H2,1H3. The van der Waals surface area contributed by atoms with Gasteiger partial charge in [-0.1, -0.05) is 67.1 Å². The Morgan fingerprint density at radius 3 is 1.88 bits per heavy atom. The Hall–Kier alpha value is -2.11. The number of hydrogen-bond acceptors (Lipinski definition) is 2. The molecule has 2 aromatic rings. The molecule has 0 spiro atoms. The molecule has 0 bridgehead atoms. The number of piperidine rings is 1. The van der Waals surface area contributed by atoms with Crippen LogP contribution in [0.4, 0.5) is 0 Å². The third-order valence-electron chi connectivity index (χ3n) is 5.34. The van der Waals surface area contributed by atoms with E-state index < -0.39 is 5.41 Å². The van der Waals surface area contributed by atoms with E-state index in [1.165, 1.54) is 19.3 Å². The zero-order chi connectivity index (χ0) is 16.8. The Morgan fingerprint density at radius 2 is 1.42 bits per heavy atom. The van der Waals surface area contributed by atoms with Crippen LogP contribution in [-0.2, 0) is 5.41 Å². The molecule has 1 atom stereocenters. The number of nitrogens with zero attached hydrogens (tertiary/aromatic N) is 2. The van der Waals surface area contributed by atoms with Crippen LogP contribution in [0.3, 0.4) is 0 Å². The van der Waals surface area contributed by atoms with Crippen LogP contribution in [0, 0.1) is 11.3 Å². The quantitative estimate of drug-likeness (QED) is 0.794. The van der Waals surface area contributed by atoms with Gasteiger partial charge >= 0.3 is 0 Å².